The second-order valence-electron chi connectivity index (χ2n) is 6.46. The largest absolute Gasteiger partial charge is 0.308 e. The van der Waals surface area contributed by atoms with Crippen LogP contribution in [0.5, 0.6) is 0 Å². The summed E-state index contributed by atoms with van der Waals surface area (Å²) >= 11 is 0. The Hall–Kier alpha value is -0.0800. The Balaban J connectivity index is 2.92. The van der Waals surface area contributed by atoms with Crippen LogP contribution in [0.3, 0.4) is 0 Å². The maximum Gasteiger partial charge on any atom is 0.0332 e. The highest BCUT2D eigenvalue weighted by molar-refractivity contribution is 5.03. The van der Waals surface area contributed by atoms with Gasteiger partial charge in [-0.2, -0.15) is 0 Å². The SMILES string of the molecule is CCCC(C)N1CC(C)(CC)NCC1(CC)CC. The van der Waals surface area contributed by atoms with Crippen molar-refractivity contribution in [2.24, 2.45) is 0 Å². The lowest BCUT2D eigenvalue weighted by molar-refractivity contribution is -0.0270. The van der Waals surface area contributed by atoms with E-state index in [0.29, 0.717) is 17.1 Å². The number of rotatable bonds is 6. The van der Waals surface area contributed by atoms with Crippen molar-refractivity contribution in [2.75, 3.05) is 13.1 Å². The Labute approximate surface area is 115 Å². The van der Waals surface area contributed by atoms with Crippen LogP contribution in [0, 0.1) is 0 Å². The van der Waals surface area contributed by atoms with Gasteiger partial charge in [-0.3, -0.25) is 4.90 Å². The Kier molecular flexibility index (Phi) is 5.67. The van der Waals surface area contributed by atoms with Gasteiger partial charge in [0, 0.05) is 30.2 Å². The number of hydrogen-bond acceptors (Lipinski definition) is 2. The standard InChI is InChI=1S/C16H34N2/c1-7-11-14(5)18-13-15(6,8-2)17-12-16(18,9-3)10-4/h14,17H,7-13H2,1-6H3. The van der Waals surface area contributed by atoms with E-state index in [1.54, 1.807) is 0 Å². The molecule has 1 saturated heterocycles. The minimum Gasteiger partial charge on any atom is -0.308 e. The summed E-state index contributed by atoms with van der Waals surface area (Å²) in [6, 6.07) is 0.711. The fourth-order valence-electron chi connectivity index (χ4n) is 3.42. The van der Waals surface area contributed by atoms with Crippen molar-refractivity contribution in [2.45, 2.75) is 90.8 Å². The van der Waals surface area contributed by atoms with E-state index in [4.69, 9.17) is 0 Å². The predicted octanol–water partition coefficient (Wildman–Crippen LogP) is 3.81. The lowest BCUT2D eigenvalue weighted by Gasteiger charge is -2.55. The summed E-state index contributed by atoms with van der Waals surface area (Å²) < 4.78 is 0. The zero-order chi connectivity index (χ0) is 13.8. The van der Waals surface area contributed by atoms with E-state index in [9.17, 15) is 0 Å². The molecule has 0 amide bonds. The van der Waals surface area contributed by atoms with E-state index < -0.39 is 0 Å². The molecule has 2 heteroatoms. The molecule has 108 valence electrons. The van der Waals surface area contributed by atoms with Crippen molar-refractivity contribution in [1.29, 1.82) is 0 Å². The summed E-state index contributed by atoms with van der Waals surface area (Å²) in [5, 5.41) is 3.82. The molecule has 0 aliphatic carbocycles. The summed E-state index contributed by atoms with van der Waals surface area (Å²) in [5.74, 6) is 0. The van der Waals surface area contributed by atoms with Gasteiger partial charge in [-0.05, 0) is 39.5 Å². The third-order valence-electron chi connectivity index (χ3n) is 5.31. The molecule has 2 unspecified atom stereocenters. The van der Waals surface area contributed by atoms with Crippen molar-refractivity contribution in [3.8, 4) is 0 Å². The van der Waals surface area contributed by atoms with Crippen LogP contribution in [-0.4, -0.2) is 35.1 Å². The van der Waals surface area contributed by atoms with E-state index in [-0.39, 0.29) is 0 Å². The number of piperazine rings is 1. The van der Waals surface area contributed by atoms with Crippen molar-refractivity contribution < 1.29 is 0 Å². The first-order valence-electron chi connectivity index (χ1n) is 7.98. The third kappa shape index (κ3) is 3.08. The molecule has 2 nitrogen and oxygen atoms in total. The molecule has 1 heterocycles. The minimum atomic E-state index is 0.301. The molecule has 0 aromatic heterocycles. The quantitative estimate of drug-likeness (QED) is 0.775. The van der Waals surface area contributed by atoms with Crippen molar-refractivity contribution >= 4 is 0 Å². The van der Waals surface area contributed by atoms with Gasteiger partial charge in [0.2, 0.25) is 0 Å². The molecule has 0 aromatic carbocycles. The lowest BCUT2D eigenvalue weighted by atomic mass is 9.81. The topological polar surface area (TPSA) is 15.3 Å². The van der Waals surface area contributed by atoms with Crippen LogP contribution < -0.4 is 5.32 Å². The van der Waals surface area contributed by atoms with Gasteiger partial charge in [0.05, 0.1) is 0 Å². The summed E-state index contributed by atoms with van der Waals surface area (Å²) in [5.41, 5.74) is 0.680. The molecule has 1 aliphatic heterocycles. The van der Waals surface area contributed by atoms with Gasteiger partial charge in [-0.1, -0.05) is 34.1 Å². The molecule has 0 radical (unpaired) electrons. The Morgan fingerprint density at radius 1 is 1.11 bits per heavy atom. The molecule has 0 spiro atoms. The summed E-state index contributed by atoms with van der Waals surface area (Å²) in [4.78, 5) is 2.82. The van der Waals surface area contributed by atoms with E-state index >= 15 is 0 Å². The molecular weight excluding hydrogens is 220 g/mol. The number of nitrogens with zero attached hydrogens (tertiary/aromatic N) is 1. The average molecular weight is 254 g/mol. The maximum absolute atomic E-state index is 3.82. The van der Waals surface area contributed by atoms with E-state index in [0.717, 1.165) is 6.54 Å². The minimum absolute atomic E-state index is 0.301. The summed E-state index contributed by atoms with van der Waals surface area (Å²) in [6.07, 6.45) is 6.33. The van der Waals surface area contributed by atoms with Gasteiger partial charge in [0.15, 0.2) is 0 Å². The van der Waals surface area contributed by atoms with Crippen molar-refractivity contribution in [1.82, 2.24) is 10.2 Å². The van der Waals surface area contributed by atoms with Crippen LogP contribution >= 0.6 is 0 Å². The molecule has 18 heavy (non-hydrogen) atoms. The molecule has 1 rings (SSSR count). The Morgan fingerprint density at radius 2 is 1.72 bits per heavy atom. The Bertz CT molecular complexity index is 247. The highest BCUT2D eigenvalue weighted by Crippen LogP contribution is 2.33. The van der Waals surface area contributed by atoms with Gasteiger partial charge in [0.1, 0.15) is 0 Å². The normalized spacial score (nSPS) is 30.3. The molecule has 1 fully saturated rings. The monoisotopic (exact) mass is 254 g/mol. The fourth-order valence-corrected chi connectivity index (χ4v) is 3.42. The van der Waals surface area contributed by atoms with Crippen LogP contribution in [0.1, 0.15) is 73.6 Å². The van der Waals surface area contributed by atoms with Gasteiger partial charge in [-0.25, -0.2) is 0 Å². The first kappa shape index (κ1) is 16.0. The second kappa shape index (κ2) is 6.38. The molecule has 2 atom stereocenters. The number of nitrogens with one attached hydrogen (secondary N) is 1. The third-order valence-corrected chi connectivity index (χ3v) is 5.31. The lowest BCUT2D eigenvalue weighted by Crippen LogP contribution is -2.70. The fraction of sp³-hybridized carbons (Fsp3) is 1.00. The van der Waals surface area contributed by atoms with Gasteiger partial charge in [0.25, 0.3) is 0 Å². The average Bonchev–Trinajstić information content (AvgIpc) is 2.39. The Morgan fingerprint density at radius 3 is 2.17 bits per heavy atom. The number of hydrogen-bond donors (Lipinski definition) is 1. The van der Waals surface area contributed by atoms with E-state index in [1.165, 1.54) is 38.6 Å². The molecule has 0 aromatic rings. The zero-order valence-electron chi connectivity index (χ0n) is 13.5. The summed E-state index contributed by atoms with van der Waals surface area (Å²) in [7, 11) is 0. The maximum atomic E-state index is 3.82. The first-order chi connectivity index (χ1) is 8.47. The van der Waals surface area contributed by atoms with Crippen LogP contribution in [0.4, 0.5) is 0 Å². The van der Waals surface area contributed by atoms with Crippen LogP contribution in [0.25, 0.3) is 0 Å². The van der Waals surface area contributed by atoms with Crippen molar-refractivity contribution in [3.63, 3.8) is 0 Å². The molecule has 0 saturated carbocycles. The zero-order valence-corrected chi connectivity index (χ0v) is 13.5. The van der Waals surface area contributed by atoms with Gasteiger partial charge >= 0.3 is 0 Å². The highest BCUT2D eigenvalue weighted by Gasteiger charge is 2.44. The van der Waals surface area contributed by atoms with E-state index in [2.05, 4.69) is 51.8 Å². The van der Waals surface area contributed by atoms with Gasteiger partial charge in [-0.15, -0.1) is 0 Å². The molecular formula is C16H34N2. The van der Waals surface area contributed by atoms with Crippen LogP contribution in [0.2, 0.25) is 0 Å². The highest BCUT2D eigenvalue weighted by atomic mass is 15.3. The first-order valence-corrected chi connectivity index (χ1v) is 7.98. The molecule has 1 aliphatic rings. The van der Waals surface area contributed by atoms with Crippen LogP contribution in [0.15, 0.2) is 0 Å². The molecule has 0 bridgehead atoms. The van der Waals surface area contributed by atoms with E-state index in [1.807, 2.05) is 0 Å². The predicted molar refractivity (Wildman–Crippen MR) is 81.1 cm³/mol. The van der Waals surface area contributed by atoms with Gasteiger partial charge < -0.3 is 5.32 Å². The van der Waals surface area contributed by atoms with Crippen LogP contribution in [-0.2, 0) is 0 Å². The second-order valence-corrected chi connectivity index (χ2v) is 6.46. The summed E-state index contributed by atoms with van der Waals surface area (Å²) in [6.45, 7) is 16.5. The smallest absolute Gasteiger partial charge is 0.0332 e. The molecule has 1 N–H and O–H groups in total. The van der Waals surface area contributed by atoms with Crippen molar-refractivity contribution in [3.05, 3.63) is 0 Å².